The zero-order chi connectivity index (χ0) is 16.9. The molecule has 1 rings (SSSR count). The molecule has 0 spiro atoms. The lowest BCUT2D eigenvalue weighted by molar-refractivity contribution is -0.125. The van der Waals surface area contributed by atoms with Gasteiger partial charge in [-0.3, -0.25) is 4.79 Å². The molecule has 0 bridgehead atoms. The van der Waals surface area contributed by atoms with Crippen LogP contribution in [0.1, 0.15) is 45.7 Å². The van der Waals surface area contributed by atoms with Gasteiger partial charge in [-0.15, -0.1) is 0 Å². The minimum absolute atomic E-state index is 0.0128. The SMILES string of the molecule is C[C@H](NC(=O)C[C@H](O)C(C)(C)C)c1cccc(OC(F)F)c1. The quantitative estimate of drug-likeness (QED) is 0.847. The minimum atomic E-state index is -2.89. The third kappa shape index (κ3) is 5.97. The van der Waals surface area contributed by atoms with Gasteiger partial charge in [0.1, 0.15) is 5.75 Å². The third-order valence-electron chi connectivity index (χ3n) is 3.34. The van der Waals surface area contributed by atoms with E-state index >= 15 is 0 Å². The Kier molecular flexibility index (Phi) is 6.29. The summed E-state index contributed by atoms with van der Waals surface area (Å²) in [6.07, 6.45) is -0.769. The molecule has 0 saturated carbocycles. The highest BCUT2D eigenvalue weighted by atomic mass is 19.3. The second-order valence-electron chi connectivity index (χ2n) is 6.33. The van der Waals surface area contributed by atoms with Crippen LogP contribution in [0, 0.1) is 5.41 Å². The lowest BCUT2D eigenvalue weighted by atomic mass is 9.87. The molecule has 1 aromatic rings. The molecule has 4 nitrogen and oxygen atoms in total. The molecule has 22 heavy (non-hydrogen) atoms. The molecule has 2 N–H and O–H groups in total. The Labute approximate surface area is 129 Å². The molecule has 0 aliphatic rings. The summed E-state index contributed by atoms with van der Waals surface area (Å²) in [5.41, 5.74) is 0.266. The van der Waals surface area contributed by atoms with Gasteiger partial charge in [0, 0.05) is 0 Å². The van der Waals surface area contributed by atoms with Crippen LogP contribution in [0.5, 0.6) is 5.75 Å². The molecule has 2 atom stereocenters. The van der Waals surface area contributed by atoms with Crippen LogP contribution in [0.2, 0.25) is 0 Å². The number of carbonyl (C=O) groups is 1. The molecule has 0 heterocycles. The Hall–Kier alpha value is -1.69. The largest absolute Gasteiger partial charge is 0.435 e. The summed E-state index contributed by atoms with van der Waals surface area (Å²) in [6, 6.07) is 5.80. The van der Waals surface area contributed by atoms with Gasteiger partial charge in [0.05, 0.1) is 18.6 Å². The van der Waals surface area contributed by atoms with Crippen molar-refractivity contribution in [3.63, 3.8) is 0 Å². The van der Waals surface area contributed by atoms with Gasteiger partial charge in [0.25, 0.3) is 0 Å². The van der Waals surface area contributed by atoms with Crippen LogP contribution in [-0.4, -0.2) is 23.7 Å². The van der Waals surface area contributed by atoms with E-state index in [1.165, 1.54) is 12.1 Å². The van der Waals surface area contributed by atoms with E-state index in [4.69, 9.17) is 0 Å². The molecular formula is C16H23F2NO3. The van der Waals surface area contributed by atoms with Crippen LogP contribution in [0.25, 0.3) is 0 Å². The van der Waals surface area contributed by atoms with Crippen molar-refractivity contribution in [1.82, 2.24) is 5.32 Å². The van der Waals surface area contributed by atoms with Gasteiger partial charge >= 0.3 is 6.61 Å². The number of aliphatic hydroxyl groups excluding tert-OH is 1. The van der Waals surface area contributed by atoms with Crippen molar-refractivity contribution in [2.24, 2.45) is 5.41 Å². The predicted molar refractivity (Wildman–Crippen MR) is 79.7 cm³/mol. The topological polar surface area (TPSA) is 58.6 Å². The summed E-state index contributed by atoms with van der Waals surface area (Å²) in [4.78, 5) is 11.9. The molecule has 0 unspecified atom stereocenters. The lowest BCUT2D eigenvalue weighted by Gasteiger charge is -2.26. The number of amides is 1. The fourth-order valence-electron chi connectivity index (χ4n) is 1.83. The minimum Gasteiger partial charge on any atom is -0.435 e. The van der Waals surface area contributed by atoms with Crippen LogP contribution in [0.4, 0.5) is 8.78 Å². The molecular weight excluding hydrogens is 292 g/mol. The van der Waals surface area contributed by atoms with Gasteiger partial charge in [-0.25, -0.2) is 0 Å². The van der Waals surface area contributed by atoms with Crippen molar-refractivity contribution in [3.05, 3.63) is 29.8 Å². The van der Waals surface area contributed by atoms with E-state index in [1.807, 2.05) is 20.8 Å². The van der Waals surface area contributed by atoms with Gasteiger partial charge in [-0.1, -0.05) is 32.9 Å². The maximum absolute atomic E-state index is 12.2. The molecule has 124 valence electrons. The highest BCUT2D eigenvalue weighted by molar-refractivity contribution is 5.77. The molecule has 0 aliphatic heterocycles. The van der Waals surface area contributed by atoms with Crippen molar-refractivity contribution in [1.29, 1.82) is 0 Å². The first-order chi connectivity index (χ1) is 10.1. The van der Waals surface area contributed by atoms with Crippen LogP contribution >= 0.6 is 0 Å². The molecule has 1 aromatic carbocycles. The van der Waals surface area contributed by atoms with Gasteiger partial charge in [0.2, 0.25) is 5.91 Å². The predicted octanol–water partition coefficient (Wildman–Crippen LogP) is 3.26. The van der Waals surface area contributed by atoms with Crippen LogP contribution in [0.15, 0.2) is 24.3 Å². The number of halogens is 2. The van der Waals surface area contributed by atoms with E-state index in [0.29, 0.717) is 5.56 Å². The standard InChI is InChI=1S/C16H23F2NO3/c1-10(19-14(21)9-13(20)16(2,3)4)11-6-5-7-12(8-11)22-15(17)18/h5-8,10,13,15,20H,9H2,1-4H3,(H,19,21)/t10-,13-/m0/s1. The fourth-order valence-corrected chi connectivity index (χ4v) is 1.83. The van der Waals surface area contributed by atoms with Crippen molar-refractivity contribution in [3.8, 4) is 5.75 Å². The maximum Gasteiger partial charge on any atom is 0.387 e. The Bertz CT molecular complexity index is 500. The van der Waals surface area contributed by atoms with Crippen LogP contribution < -0.4 is 10.1 Å². The highest BCUT2D eigenvalue weighted by Gasteiger charge is 2.25. The third-order valence-corrected chi connectivity index (χ3v) is 3.34. The summed E-state index contributed by atoms with van der Waals surface area (Å²) in [5, 5.41) is 12.7. The first kappa shape index (κ1) is 18.4. The molecule has 0 aliphatic carbocycles. The number of rotatable bonds is 6. The smallest absolute Gasteiger partial charge is 0.387 e. The van der Waals surface area contributed by atoms with E-state index in [0.717, 1.165) is 0 Å². The highest BCUT2D eigenvalue weighted by Crippen LogP contribution is 2.23. The summed E-state index contributed by atoms with van der Waals surface area (Å²) in [6.45, 7) is 4.39. The zero-order valence-corrected chi connectivity index (χ0v) is 13.3. The number of nitrogens with one attached hydrogen (secondary N) is 1. The summed E-state index contributed by atoms with van der Waals surface area (Å²) in [7, 11) is 0. The second kappa shape index (κ2) is 7.54. The number of hydrogen-bond donors (Lipinski definition) is 2. The average molecular weight is 315 g/mol. The second-order valence-corrected chi connectivity index (χ2v) is 6.33. The van der Waals surface area contributed by atoms with Crippen LogP contribution in [0.3, 0.4) is 0 Å². The van der Waals surface area contributed by atoms with Gasteiger partial charge in [-0.2, -0.15) is 8.78 Å². The van der Waals surface area contributed by atoms with Crippen molar-refractivity contribution in [2.75, 3.05) is 0 Å². The molecule has 0 fully saturated rings. The fraction of sp³-hybridized carbons (Fsp3) is 0.562. The first-order valence-corrected chi connectivity index (χ1v) is 7.12. The van der Waals surface area contributed by atoms with E-state index in [2.05, 4.69) is 10.1 Å². The number of carbonyl (C=O) groups excluding carboxylic acids is 1. The first-order valence-electron chi connectivity index (χ1n) is 7.12. The van der Waals surface area contributed by atoms with Crippen molar-refractivity contribution < 1.29 is 23.4 Å². The van der Waals surface area contributed by atoms with Crippen LogP contribution in [-0.2, 0) is 4.79 Å². The van der Waals surface area contributed by atoms with E-state index in [-0.39, 0.29) is 29.5 Å². The summed E-state index contributed by atoms with van der Waals surface area (Å²) < 4.78 is 28.7. The molecule has 0 radical (unpaired) electrons. The van der Waals surface area contributed by atoms with Crippen molar-refractivity contribution in [2.45, 2.75) is 52.9 Å². The van der Waals surface area contributed by atoms with Gasteiger partial charge < -0.3 is 15.2 Å². The Morgan fingerprint density at radius 2 is 2.00 bits per heavy atom. The average Bonchev–Trinajstić information content (AvgIpc) is 2.36. The Morgan fingerprint density at radius 3 is 2.55 bits per heavy atom. The number of alkyl halides is 2. The van der Waals surface area contributed by atoms with E-state index in [9.17, 15) is 18.7 Å². The Morgan fingerprint density at radius 1 is 1.36 bits per heavy atom. The Balaban J connectivity index is 2.65. The van der Waals surface area contributed by atoms with E-state index < -0.39 is 12.7 Å². The molecule has 0 saturated heterocycles. The summed E-state index contributed by atoms with van der Waals surface area (Å²) >= 11 is 0. The number of aliphatic hydroxyl groups is 1. The monoisotopic (exact) mass is 315 g/mol. The number of hydrogen-bond acceptors (Lipinski definition) is 3. The number of ether oxygens (including phenoxy) is 1. The summed E-state index contributed by atoms with van der Waals surface area (Å²) in [5.74, 6) is -0.251. The molecule has 6 heteroatoms. The lowest BCUT2D eigenvalue weighted by Crippen LogP contribution is -2.35. The molecule has 1 amide bonds. The van der Waals surface area contributed by atoms with Gasteiger partial charge in [-0.05, 0) is 30.0 Å². The van der Waals surface area contributed by atoms with Crippen molar-refractivity contribution >= 4 is 5.91 Å². The maximum atomic E-state index is 12.2. The van der Waals surface area contributed by atoms with E-state index in [1.54, 1.807) is 19.1 Å². The normalized spacial score (nSPS) is 14.5. The zero-order valence-electron chi connectivity index (χ0n) is 13.3. The molecule has 0 aromatic heterocycles. The van der Waals surface area contributed by atoms with Gasteiger partial charge in [0.15, 0.2) is 0 Å². The number of benzene rings is 1.